The molecule has 0 aliphatic rings. The minimum atomic E-state index is -3.98. The molecule has 0 aliphatic carbocycles. The van der Waals surface area contributed by atoms with Crippen LogP contribution in [0.5, 0.6) is 11.5 Å². The second-order valence-electron chi connectivity index (χ2n) is 6.90. The number of nitrogens with one attached hydrogen (secondary N) is 1. The zero-order valence-electron chi connectivity index (χ0n) is 18.0. The molecule has 4 rings (SSSR count). The van der Waals surface area contributed by atoms with E-state index in [1.54, 1.807) is 43.5 Å². The van der Waals surface area contributed by atoms with Gasteiger partial charge in [0.05, 0.1) is 18.5 Å². The third-order valence-corrected chi connectivity index (χ3v) is 6.76. The topological polar surface area (TPSA) is 89.9 Å². The molecule has 0 radical (unpaired) electrons. The Kier molecular flexibility index (Phi) is 7.46. The van der Waals surface area contributed by atoms with Gasteiger partial charge >= 0.3 is 10.1 Å². The number of hydrazone groups is 1. The minimum absolute atomic E-state index is 0.0636. The van der Waals surface area contributed by atoms with Gasteiger partial charge in [-0.3, -0.25) is 5.43 Å². The Bertz CT molecular complexity index is 1390. The predicted molar refractivity (Wildman–Crippen MR) is 136 cm³/mol. The largest absolute Gasteiger partial charge is 0.490 e. The lowest BCUT2D eigenvalue weighted by molar-refractivity contribution is 0.327. The number of hydrogen-bond acceptors (Lipinski definition) is 8. The highest BCUT2D eigenvalue weighted by atomic mass is 35.5. The Balaban J connectivity index is 1.46. The number of rotatable bonds is 9. The van der Waals surface area contributed by atoms with Crippen molar-refractivity contribution in [3.63, 3.8) is 0 Å². The zero-order valence-corrected chi connectivity index (χ0v) is 20.4. The molecule has 0 bridgehead atoms. The van der Waals surface area contributed by atoms with Crippen molar-refractivity contribution in [2.75, 3.05) is 12.0 Å². The number of aromatic nitrogens is 1. The quantitative estimate of drug-likeness (QED) is 0.166. The normalized spacial score (nSPS) is 11.5. The first kappa shape index (κ1) is 23.7. The van der Waals surface area contributed by atoms with Gasteiger partial charge in [0.2, 0.25) is 5.13 Å². The van der Waals surface area contributed by atoms with Gasteiger partial charge in [0.15, 0.2) is 11.5 Å². The van der Waals surface area contributed by atoms with Gasteiger partial charge in [0.25, 0.3) is 0 Å². The molecule has 0 saturated carbocycles. The average molecular weight is 514 g/mol. The molecular weight excluding hydrogens is 494 g/mol. The van der Waals surface area contributed by atoms with Crippen molar-refractivity contribution < 1.29 is 17.3 Å². The first-order valence-electron chi connectivity index (χ1n) is 10.2. The third-order valence-electron chi connectivity index (χ3n) is 4.52. The highest BCUT2D eigenvalue weighted by molar-refractivity contribution is 7.87. The number of halogens is 1. The fraction of sp³-hybridized carbons (Fsp3) is 0.0833. The lowest BCUT2D eigenvalue weighted by atomic mass is 10.2. The lowest BCUT2D eigenvalue weighted by Gasteiger charge is -2.12. The van der Waals surface area contributed by atoms with Crippen molar-refractivity contribution in [2.45, 2.75) is 11.8 Å². The smallest absolute Gasteiger partial charge is 0.339 e. The fourth-order valence-electron chi connectivity index (χ4n) is 2.94. The lowest BCUT2D eigenvalue weighted by Crippen LogP contribution is -2.10. The molecule has 0 atom stereocenters. The van der Waals surface area contributed by atoms with E-state index in [1.807, 2.05) is 29.6 Å². The van der Waals surface area contributed by atoms with Crippen molar-refractivity contribution in [3.8, 4) is 22.8 Å². The summed E-state index contributed by atoms with van der Waals surface area (Å²) in [7, 11) is -3.98. The third kappa shape index (κ3) is 5.93. The Morgan fingerprint density at radius 1 is 1.06 bits per heavy atom. The van der Waals surface area contributed by atoms with E-state index in [4.69, 9.17) is 20.5 Å². The molecule has 34 heavy (non-hydrogen) atoms. The molecule has 1 heterocycles. The van der Waals surface area contributed by atoms with Gasteiger partial charge in [-0.15, -0.1) is 11.3 Å². The summed E-state index contributed by atoms with van der Waals surface area (Å²) >= 11 is 7.36. The van der Waals surface area contributed by atoms with Crippen LogP contribution in [0.25, 0.3) is 11.3 Å². The number of thiazole rings is 1. The molecule has 4 aromatic rings. The van der Waals surface area contributed by atoms with Crippen LogP contribution in [0.2, 0.25) is 5.02 Å². The van der Waals surface area contributed by atoms with Crippen molar-refractivity contribution in [1.82, 2.24) is 4.98 Å². The second-order valence-corrected chi connectivity index (χ2v) is 9.75. The first-order chi connectivity index (χ1) is 16.4. The molecule has 0 saturated heterocycles. The predicted octanol–water partition coefficient (Wildman–Crippen LogP) is 6.08. The van der Waals surface area contributed by atoms with Gasteiger partial charge in [-0.05, 0) is 55.0 Å². The number of anilines is 1. The SMILES string of the molecule is CCOc1cc(/C=N\Nc2nc(-c3ccc(Cl)cc3)cs2)ccc1OS(=O)(=O)c1ccccc1. The van der Waals surface area contributed by atoms with Gasteiger partial charge in [-0.25, -0.2) is 4.98 Å². The molecule has 10 heteroatoms. The second kappa shape index (κ2) is 10.7. The highest BCUT2D eigenvalue weighted by Gasteiger charge is 2.19. The zero-order chi connectivity index (χ0) is 24.0. The van der Waals surface area contributed by atoms with Gasteiger partial charge < -0.3 is 8.92 Å². The van der Waals surface area contributed by atoms with Crippen LogP contribution in [0.1, 0.15) is 12.5 Å². The molecule has 0 amide bonds. The van der Waals surface area contributed by atoms with Crippen LogP contribution >= 0.6 is 22.9 Å². The number of benzene rings is 3. The van der Waals surface area contributed by atoms with Crippen molar-refractivity contribution >= 4 is 44.4 Å². The van der Waals surface area contributed by atoms with Crippen LogP contribution in [0.15, 0.2) is 88.2 Å². The van der Waals surface area contributed by atoms with Crippen LogP contribution in [-0.2, 0) is 10.1 Å². The van der Waals surface area contributed by atoms with Crippen LogP contribution in [0, 0.1) is 0 Å². The van der Waals surface area contributed by atoms with E-state index < -0.39 is 10.1 Å². The molecular formula is C24H20ClN3O4S2. The molecule has 0 aliphatic heterocycles. The van der Waals surface area contributed by atoms with Crippen LogP contribution < -0.4 is 14.3 Å². The molecule has 7 nitrogen and oxygen atoms in total. The standard InChI is InChI=1S/C24H20ClN3O4S2/c1-2-31-23-14-17(8-13-22(23)32-34(29,30)20-6-4-3-5-7-20)15-26-28-24-27-21(16-33-24)18-9-11-19(25)12-10-18/h3-16H,2H2,1H3,(H,27,28)/b26-15-. The Morgan fingerprint density at radius 3 is 2.56 bits per heavy atom. The summed E-state index contributed by atoms with van der Waals surface area (Å²) in [5, 5.41) is 7.44. The highest BCUT2D eigenvalue weighted by Crippen LogP contribution is 2.31. The van der Waals surface area contributed by atoms with E-state index in [0.717, 1.165) is 11.3 Å². The average Bonchev–Trinajstić information content (AvgIpc) is 3.31. The van der Waals surface area contributed by atoms with Crippen LogP contribution in [0.3, 0.4) is 0 Å². The summed E-state index contributed by atoms with van der Waals surface area (Å²) in [6.07, 6.45) is 1.58. The first-order valence-corrected chi connectivity index (χ1v) is 12.9. The van der Waals surface area contributed by atoms with Crippen molar-refractivity contribution in [2.24, 2.45) is 5.10 Å². The Hall–Kier alpha value is -3.40. The Labute approximate surface area is 206 Å². The maximum Gasteiger partial charge on any atom is 0.339 e. The van der Waals surface area contributed by atoms with Gasteiger partial charge in [0.1, 0.15) is 4.90 Å². The molecule has 3 aromatic carbocycles. The maximum absolute atomic E-state index is 12.6. The summed E-state index contributed by atoms with van der Waals surface area (Å²) in [6.45, 7) is 2.14. The minimum Gasteiger partial charge on any atom is -0.490 e. The molecule has 0 fully saturated rings. The summed E-state index contributed by atoms with van der Waals surface area (Å²) < 4.78 is 36.0. The Morgan fingerprint density at radius 2 is 1.82 bits per heavy atom. The fourth-order valence-corrected chi connectivity index (χ4v) is 4.69. The van der Waals surface area contributed by atoms with E-state index in [0.29, 0.717) is 28.1 Å². The summed E-state index contributed by atoms with van der Waals surface area (Å²) in [5.74, 6) is 0.397. The summed E-state index contributed by atoms with van der Waals surface area (Å²) in [4.78, 5) is 4.57. The summed E-state index contributed by atoms with van der Waals surface area (Å²) in [6, 6.07) is 20.3. The van der Waals surface area contributed by atoms with Gasteiger partial charge in [-0.2, -0.15) is 13.5 Å². The van der Waals surface area contributed by atoms with E-state index in [2.05, 4.69) is 15.5 Å². The monoisotopic (exact) mass is 513 g/mol. The molecule has 174 valence electrons. The molecule has 0 unspecified atom stereocenters. The van der Waals surface area contributed by atoms with E-state index >= 15 is 0 Å². The number of hydrogen-bond donors (Lipinski definition) is 1. The number of ether oxygens (including phenoxy) is 1. The number of nitrogens with zero attached hydrogens (tertiary/aromatic N) is 2. The molecule has 0 spiro atoms. The maximum atomic E-state index is 12.6. The van der Waals surface area contributed by atoms with Crippen molar-refractivity contribution in [3.05, 3.63) is 88.8 Å². The van der Waals surface area contributed by atoms with Crippen molar-refractivity contribution in [1.29, 1.82) is 0 Å². The van der Waals surface area contributed by atoms with Crippen LogP contribution in [-0.4, -0.2) is 26.2 Å². The molecule has 1 N–H and O–H groups in total. The van der Waals surface area contributed by atoms with Gasteiger partial charge in [0, 0.05) is 16.0 Å². The van der Waals surface area contributed by atoms with E-state index in [-0.39, 0.29) is 10.6 Å². The van der Waals surface area contributed by atoms with Crippen LogP contribution in [0.4, 0.5) is 5.13 Å². The van der Waals surface area contributed by atoms with E-state index in [9.17, 15) is 8.42 Å². The van der Waals surface area contributed by atoms with Gasteiger partial charge in [-0.1, -0.05) is 41.9 Å². The van der Waals surface area contributed by atoms with E-state index in [1.165, 1.54) is 29.5 Å². The molecule has 1 aromatic heterocycles. The summed E-state index contributed by atoms with van der Waals surface area (Å²) in [5.41, 5.74) is 5.37.